The van der Waals surface area contributed by atoms with E-state index in [9.17, 15) is 35.1 Å². The van der Waals surface area contributed by atoms with Crippen molar-refractivity contribution < 1.29 is 39.5 Å². The summed E-state index contributed by atoms with van der Waals surface area (Å²) in [7, 11) is 0. The van der Waals surface area contributed by atoms with Crippen LogP contribution >= 0.6 is 23.2 Å². The fourth-order valence-corrected chi connectivity index (χ4v) is 3.49. The molecule has 33 heavy (non-hydrogen) atoms. The summed E-state index contributed by atoms with van der Waals surface area (Å²) in [5.41, 5.74) is 9.36. The van der Waals surface area contributed by atoms with E-state index in [1.165, 1.54) is 25.1 Å². The molecule has 0 saturated carbocycles. The zero-order valence-electron chi connectivity index (χ0n) is 17.1. The van der Waals surface area contributed by atoms with Crippen LogP contribution in [0.3, 0.4) is 0 Å². The molecule has 0 spiro atoms. The van der Waals surface area contributed by atoms with E-state index < -0.39 is 52.5 Å². The van der Waals surface area contributed by atoms with E-state index in [-0.39, 0.29) is 27.7 Å². The summed E-state index contributed by atoms with van der Waals surface area (Å²) in [5.74, 6) is -11.1. The summed E-state index contributed by atoms with van der Waals surface area (Å²) in [6.07, 6.45) is -0.382. The molecule has 10 nitrogen and oxygen atoms in total. The molecular weight excluding hydrogens is 484 g/mol. The number of hydrogen-bond acceptors (Lipinski definition) is 9. The highest BCUT2D eigenvalue weighted by molar-refractivity contribution is 6.36. The third kappa shape index (κ3) is 5.78. The molecule has 0 radical (unpaired) electrons. The fraction of sp³-hybridized carbons (Fsp3) is 0.300. The first kappa shape index (κ1) is 26.9. The van der Waals surface area contributed by atoms with E-state index in [2.05, 4.69) is 5.32 Å². The van der Waals surface area contributed by atoms with Crippen LogP contribution in [0.5, 0.6) is 0 Å². The van der Waals surface area contributed by atoms with Crippen molar-refractivity contribution in [2.75, 3.05) is 5.73 Å². The lowest BCUT2D eigenvalue weighted by atomic mass is 9.91. The first-order valence-electron chi connectivity index (χ1n) is 9.31. The van der Waals surface area contributed by atoms with Gasteiger partial charge in [-0.05, 0) is 31.2 Å². The van der Waals surface area contributed by atoms with Crippen molar-refractivity contribution in [3.8, 4) is 0 Å². The van der Waals surface area contributed by atoms with Crippen molar-refractivity contribution in [2.24, 2.45) is 5.73 Å². The van der Waals surface area contributed by atoms with Gasteiger partial charge in [0.15, 0.2) is 5.78 Å². The van der Waals surface area contributed by atoms with Gasteiger partial charge >= 0.3 is 5.97 Å². The number of carbonyl (C=O) groups excluding carboxylic acids is 2. The molecular formula is C20H22Cl2FN3O7. The average molecular weight is 506 g/mol. The highest BCUT2D eigenvalue weighted by Crippen LogP contribution is 2.36. The lowest BCUT2D eigenvalue weighted by Crippen LogP contribution is -2.62. The number of primary amides is 1. The van der Waals surface area contributed by atoms with E-state index in [4.69, 9.17) is 34.7 Å². The molecule has 0 aliphatic heterocycles. The first-order chi connectivity index (χ1) is 15.1. The van der Waals surface area contributed by atoms with Crippen LogP contribution in [0.15, 0.2) is 30.3 Å². The summed E-state index contributed by atoms with van der Waals surface area (Å²) in [6, 6.07) is 2.55. The number of nitrogen functional groups attached to an aromatic ring is 1. The van der Waals surface area contributed by atoms with Crippen LogP contribution in [0.2, 0.25) is 10.0 Å². The van der Waals surface area contributed by atoms with Crippen LogP contribution in [0.1, 0.15) is 40.9 Å². The Hall–Kier alpha value is -2.35. The molecule has 0 aliphatic rings. The number of anilines is 1. The normalized spacial score (nSPS) is 14.1. The summed E-state index contributed by atoms with van der Waals surface area (Å²) in [5, 5.41) is 51.0. The molecule has 2 rings (SSSR count). The molecule has 0 aromatic heterocycles. The molecule has 1 amide bonds. The van der Waals surface area contributed by atoms with Crippen LogP contribution in [-0.4, -0.2) is 55.0 Å². The van der Waals surface area contributed by atoms with Gasteiger partial charge < -0.3 is 42.3 Å². The number of halogens is 3. The molecule has 0 heterocycles. The quantitative estimate of drug-likeness (QED) is 0.132. The van der Waals surface area contributed by atoms with E-state index in [1.54, 1.807) is 0 Å². The molecule has 2 unspecified atom stereocenters. The van der Waals surface area contributed by atoms with Gasteiger partial charge in [0.25, 0.3) is 5.79 Å². The lowest BCUT2D eigenvalue weighted by molar-refractivity contribution is -0.454. The van der Waals surface area contributed by atoms with Gasteiger partial charge in [0.1, 0.15) is 5.82 Å². The number of hydrogen-bond donors (Lipinski definition) is 8. The highest BCUT2D eigenvalue weighted by atomic mass is 35.5. The molecule has 0 fully saturated rings. The van der Waals surface area contributed by atoms with Crippen molar-refractivity contribution in [1.29, 1.82) is 0 Å². The average Bonchev–Trinajstić information content (AvgIpc) is 2.67. The van der Waals surface area contributed by atoms with Crippen molar-refractivity contribution in [3.63, 3.8) is 0 Å². The monoisotopic (exact) mass is 505 g/mol. The number of aliphatic hydroxyl groups is 5. The maximum absolute atomic E-state index is 15.6. The Kier molecular flexibility index (Phi) is 8.05. The Morgan fingerprint density at radius 3 is 2.21 bits per heavy atom. The smallest absolute Gasteiger partial charge is 0.334 e. The minimum Gasteiger partial charge on any atom is -0.398 e. The number of benzene rings is 2. The van der Waals surface area contributed by atoms with Crippen molar-refractivity contribution >= 4 is 40.6 Å². The van der Waals surface area contributed by atoms with E-state index in [0.29, 0.717) is 0 Å². The number of carbonyl (C=O) groups is 2. The predicted octanol–water partition coefficient (Wildman–Crippen LogP) is 0.152. The number of amides is 1. The maximum atomic E-state index is 15.6. The summed E-state index contributed by atoms with van der Waals surface area (Å²) in [4.78, 5) is 24.2. The molecule has 13 heteroatoms. The van der Waals surface area contributed by atoms with Crippen LogP contribution < -0.4 is 16.8 Å². The largest absolute Gasteiger partial charge is 0.398 e. The van der Waals surface area contributed by atoms with Gasteiger partial charge in [0, 0.05) is 23.6 Å². The molecule has 0 bridgehead atoms. The van der Waals surface area contributed by atoms with E-state index in [1.807, 2.05) is 0 Å². The zero-order chi connectivity index (χ0) is 25.3. The first-order valence-corrected chi connectivity index (χ1v) is 10.1. The molecule has 2 aromatic carbocycles. The fourth-order valence-electron chi connectivity index (χ4n) is 3.07. The van der Waals surface area contributed by atoms with Crippen molar-refractivity contribution in [1.82, 2.24) is 5.32 Å². The Morgan fingerprint density at radius 1 is 1.09 bits per heavy atom. The second-order valence-corrected chi connectivity index (χ2v) is 8.24. The lowest BCUT2D eigenvalue weighted by Gasteiger charge is -2.38. The maximum Gasteiger partial charge on any atom is 0.334 e. The van der Waals surface area contributed by atoms with Gasteiger partial charge in [-0.25, -0.2) is 4.39 Å². The van der Waals surface area contributed by atoms with Crippen LogP contribution in [-0.2, 0) is 4.79 Å². The Morgan fingerprint density at radius 2 is 1.70 bits per heavy atom. The highest BCUT2D eigenvalue weighted by Gasteiger charge is 2.54. The van der Waals surface area contributed by atoms with Crippen molar-refractivity contribution in [3.05, 3.63) is 62.9 Å². The van der Waals surface area contributed by atoms with Gasteiger partial charge in [-0.15, -0.1) is 0 Å². The Bertz CT molecular complexity index is 1080. The SMILES string of the molecule is CC(CC(N)=O)NC(c1ccc(Cl)c(C(=O)c2ccc(N)c(Cl)c2)c1F)C(O)(O)C(O)(O)O. The second-order valence-electron chi connectivity index (χ2n) is 7.42. The number of ketones is 1. The van der Waals surface area contributed by atoms with Gasteiger partial charge in [0.05, 0.1) is 27.3 Å². The summed E-state index contributed by atoms with van der Waals surface area (Å²) >= 11 is 11.9. The van der Waals surface area contributed by atoms with Gasteiger partial charge in [0.2, 0.25) is 5.91 Å². The number of nitrogens with one attached hydrogen (secondary N) is 1. The molecule has 0 saturated heterocycles. The van der Waals surface area contributed by atoms with Crippen molar-refractivity contribution in [2.45, 2.75) is 37.2 Å². The molecule has 180 valence electrons. The molecule has 2 aromatic rings. The predicted molar refractivity (Wildman–Crippen MR) is 116 cm³/mol. The van der Waals surface area contributed by atoms with Crippen LogP contribution in [0.4, 0.5) is 10.1 Å². The van der Waals surface area contributed by atoms with Gasteiger partial charge in [-0.1, -0.05) is 29.3 Å². The van der Waals surface area contributed by atoms with E-state index >= 15 is 4.39 Å². The summed E-state index contributed by atoms with van der Waals surface area (Å²) < 4.78 is 15.6. The van der Waals surface area contributed by atoms with Crippen LogP contribution in [0.25, 0.3) is 0 Å². The minimum absolute atomic E-state index is 0.0173. The van der Waals surface area contributed by atoms with E-state index in [0.717, 1.165) is 12.1 Å². The molecule has 2 atom stereocenters. The topological polar surface area (TPSA) is 199 Å². The molecule has 10 N–H and O–H groups in total. The Balaban J connectivity index is 2.66. The second kappa shape index (κ2) is 9.87. The third-order valence-corrected chi connectivity index (χ3v) is 5.42. The number of rotatable bonds is 9. The number of nitrogens with two attached hydrogens (primary N) is 2. The van der Waals surface area contributed by atoms with Gasteiger partial charge in [-0.3, -0.25) is 9.59 Å². The summed E-state index contributed by atoms with van der Waals surface area (Å²) in [6.45, 7) is 1.35. The third-order valence-electron chi connectivity index (χ3n) is 4.78. The standard InChI is InChI=1S/C20H22Cl2FN3O7/c1-8(6-14(25)27)26-18(19(29,30)20(31,32)33)10-3-4-11(21)15(16(10)23)17(28)9-2-5-13(24)12(22)7-9/h2-5,7-8,18,26,29-33H,6,24H2,1H3,(H2,25,27). The Labute approximate surface area is 197 Å². The molecule has 0 aliphatic carbocycles. The minimum atomic E-state index is -4.15. The van der Waals surface area contributed by atoms with Gasteiger partial charge in [-0.2, -0.15) is 0 Å². The van der Waals surface area contributed by atoms with Crippen LogP contribution in [0, 0.1) is 5.82 Å². The zero-order valence-corrected chi connectivity index (χ0v) is 18.6.